The summed E-state index contributed by atoms with van der Waals surface area (Å²) in [7, 11) is 1.68. The van der Waals surface area contributed by atoms with Gasteiger partial charge in [-0.2, -0.15) is 0 Å². The average molecular weight is 393 g/mol. The highest BCUT2D eigenvalue weighted by molar-refractivity contribution is 5.82. The molecule has 1 fully saturated rings. The van der Waals surface area contributed by atoms with Crippen molar-refractivity contribution >= 4 is 17.2 Å². The average Bonchev–Trinajstić information content (AvgIpc) is 3.08. The molecule has 1 N–H and O–H groups in total. The first-order valence-electron chi connectivity index (χ1n) is 10.1. The van der Waals surface area contributed by atoms with Crippen LogP contribution in [0.25, 0.3) is 16.6 Å². The first-order chi connectivity index (χ1) is 14.0. The van der Waals surface area contributed by atoms with Crippen LogP contribution in [-0.4, -0.2) is 45.1 Å². The summed E-state index contributed by atoms with van der Waals surface area (Å²) in [6.07, 6.45) is 6.72. The minimum atomic E-state index is 0.103. The highest BCUT2D eigenvalue weighted by Gasteiger charge is 2.25. The van der Waals surface area contributed by atoms with Crippen LogP contribution in [-0.2, 0) is 9.53 Å². The molecule has 3 aromatic rings. The van der Waals surface area contributed by atoms with E-state index < -0.39 is 0 Å². The molecular formula is C22H27N5O2. The van der Waals surface area contributed by atoms with E-state index in [1.54, 1.807) is 7.11 Å². The molecule has 1 saturated carbocycles. The second-order valence-corrected chi connectivity index (χ2v) is 7.86. The lowest BCUT2D eigenvalue weighted by Crippen LogP contribution is -2.23. The second-order valence-electron chi connectivity index (χ2n) is 7.86. The third-order valence-electron chi connectivity index (χ3n) is 5.51. The summed E-state index contributed by atoms with van der Waals surface area (Å²) in [5, 5.41) is 8.10. The Labute approximate surface area is 170 Å². The van der Waals surface area contributed by atoms with E-state index in [-0.39, 0.29) is 6.04 Å². The number of rotatable bonds is 6. The molecule has 152 valence electrons. The van der Waals surface area contributed by atoms with Crippen LogP contribution in [0.1, 0.15) is 49.9 Å². The van der Waals surface area contributed by atoms with Gasteiger partial charge in [-0.15, -0.1) is 5.10 Å². The number of nitrogens with one attached hydrogen (secondary N) is 1. The van der Waals surface area contributed by atoms with Gasteiger partial charge in [0.1, 0.15) is 5.78 Å². The van der Waals surface area contributed by atoms with Crippen molar-refractivity contribution in [1.82, 2.24) is 19.6 Å². The van der Waals surface area contributed by atoms with Crippen molar-refractivity contribution in [3.63, 3.8) is 0 Å². The van der Waals surface area contributed by atoms with Crippen LogP contribution >= 0.6 is 0 Å². The van der Waals surface area contributed by atoms with E-state index in [0.29, 0.717) is 37.1 Å². The summed E-state index contributed by atoms with van der Waals surface area (Å²) in [6, 6.07) is 6.41. The maximum Gasteiger partial charge on any atom is 0.241 e. The van der Waals surface area contributed by atoms with Gasteiger partial charge in [-0.1, -0.05) is 0 Å². The van der Waals surface area contributed by atoms with Gasteiger partial charge >= 0.3 is 0 Å². The molecule has 29 heavy (non-hydrogen) atoms. The number of pyridine rings is 1. The monoisotopic (exact) mass is 393 g/mol. The fraction of sp³-hybridized carbons (Fsp3) is 0.455. The number of ketones is 1. The van der Waals surface area contributed by atoms with Crippen LogP contribution in [0.2, 0.25) is 0 Å². The summed E-state index contributed by atoms with van der Waals surface area (Å²) in [5.41, 5.74) is 5.28. The molecule has 1 aliphatic carbocycles. The van der Waals surface area contributed by atoms with Gasteiger partial charge in [0.25, 0.3) is 0 Å². The van der Waals surface area contributed by atoms with E-state index in [1.807, 2.05) is 36.8 Å². The first kappa shape index (κ1) is 19.5. The Morgan fingerprint density at radius 2 is 2.07 bits per heavy atom. The number of hydrogen-bond donors (Lipinski definition) is 1. The van der Waals surface area contributed by atoms with E-state index in [9.17, 15) is 4.79 Å². The van der Waals surface area contributed by atoms with Crippen molar-refractivity contribution < 1.29 is 9.53 Å². The molecule has 0 aliphatic heterocycles. The number of aryl methyl sites for hydroxylation is 1. The summed E-state index contributed by atoms with van der Waals surface area (Å²) in [5.74, 6) is 1.25. The SMILES string of the molecule is COC[C@H](C)Nc1ncc2c(-c3ccnc(C)c3)cc(C3CCC(=O)CC3)n2n1. The van der Waals surface area contributed by atoms with Crippen LogP contribution in [0.3, 0.4) is 0 Å². The summed E-state index contributed by atoms with van der Waals surface area (Å²) in [6.45, 7) is 4.60. The maximum absolute atomic E-state index is 11.7. The van der Waals surface area contributed by atoms with Crippen molar-refractivity contribution in [2.75, 3.05) is 19.0 Å². The minimum Gasteiger partial charge on any atom is -0.383 e. The fourth-order valence-electron chi connectivity index (χ4n) is 4.06. The Morgan fingerprint density at radius 1 is 1.28 bits per heavy atom. The highest BCUT2D eigenvalue weighted by atomic mass is 16.5. The normalized spacial score (nSPS) is 16.3. The molecule has 7 heteroatoms. The number of hydrogen-bond acceptors (Lipinski definition) is 6. The van der Waals surface area contributed by atoms with Crippen molar-refractivity contribution in [2.45, 2.75) is 51.5 Å². The van der Waals surface area contributed by atoms with E-state index in [2.05, 4.69) is 27.4 Å². The molecule has 0 amide bonds. The Bertz CT molecular complexity index is 1020. The molecule has 1 aliphatic rings. The van der Waals surface area contributed by atoms with Gasteiger partial charge in [-0.05, 0) is 50.5 Å². The molecule has 3 aromatic heterocycles. The molecule has 3 heterocycles. The zero-order valence-corrected chi connectivity index (χ0v) is 17.2. The molecule has 4 rings (SSSR count). The molecule has 0 saturated heterocycles. The highest BCUT2D eigenvalue weighted by Crippen LogP contribution is 2.36. The number of ether oxygens (including phenoxy) is 1. The molecule has 1 atom stereocenters. The van der Waals surface area contributed by atoms with Crippen molar-refractivity contribution in [3.8, 4) is 11.1 Å². The Kier molecular flexibility index (Phi) is 5.58. The molecule has 0 aromatic carbocycles. The Balaban J connectivity index is 1.79. The molecule has 0 spiro atoms. The lowest BCUT2D eigenvalue weighted by Gasteiger charge is -2.20. The minimum absolute atomic E-state index is 0.103. The summed E-state index contributed by atoms with van der Waals surface area (Å²) >= 11 is 0. The topological polar surface area (TPSA) is 81.4 Å². The van der Waals surface area contributed by atoms with Crippen molar-refractivity contribution in [2.24, 2.45) is 0 Å². The van der Waals surface area contributed by atoms with E-state index >= 15 is 0 Å². The van der Waals surface area contributed by atoms with Gasteiger partial charge in [-0.3, -0.25) is 9.78 Å². The number of nitrogens with zero attached hydrogens (tertiary/aromatic N) is 4. The lowest BCUT2D eigenvalue weighted by atomic mass is 9.86. The fourth-order valence-corrected chi connectivity index (χ4v) is 4.06. The number of methoxy groups -OCH3 is 1. The molecule has 7 nitrogen and oxygen atoms in total. The Morgan fingerprint density at radius 3 is 2.79 bits per heavy atom. The smallest absolute Gasteiger partial charge is 0.241 e. The summed E-state index contributed by atoms with van der Waals surface area (Å²) < 4.78 is 7.20. The van der Waals surface area contributed by atoms with E-state index in [4.69, 9.17) is 9.84 Å². The number of Topliss-reactive ketones (excluding diaryl/α,β-unsaturated/α-hetero) is 1. The van der Waals surface area contributed by atoms with Gasteiger partial charge in [0, 0.05) is 55.1 Å². The largest absolute Gasteiger partial charge is 0.383 e. The van der Waals surface area contributed by atoms with Gasteiger partial charge in [-0.25, -0.2) is 9.50 Å². The number of carbonyl (C=O) groups excluding carboxylic acids is 1. The van der Waals surface area contributed by atoms with E-state index in [0.717, 1.165) is 40.9 Å². The van der Waals surface area contributed by atoms with Crippen LogP contribution in [0.5, 0.6) is 0 Å². The summed E-state index contributed by atoms with van der Waals surface area (Å²) in [4.78, 5) is 20.6. The number of aromatic nitrogens is 4. The molecule has 0 unspecified atom stereocenters. The van der Waals surface area contributed by atoms with Gasteiger partial charge in [0.05, 0.1) is 18.3 Å². The molecule has 0 bridgehead atoms. The third-order valence-corrected chi connectivity index (χ3v) is 5.51. The molecular weight excluding hydrogens is 366 g/mol. The van der Waals surface area contributed by atoms with E-state index in [1.165, 1.54) is 0 Å². The van der Waals surface area contributed by atoms with Gasteiger partial charge in [0.15, 0.2) is 0 Å². The first-order valence-corrected chi connectivity index (χ1v) is 10.1. The lowest BCUT2D eigenvalue weighted by molar-refractivity contribution is -0.120. The quantitative estimate of drug-likeness (QED) is 0.686. The molecule has 0 radical (unpaired) electrons. The van der Waals surface area contributed by atoms with Gasteiger partial charge < -0.3 is 10.1 Å². The van der Waals surface area contributed by atoms with Crippen LogP contribution in [0, 0.1) is 6.92 Å². The van der Waals surface area contributed by atoms with Crippen molar-refractivity contribution in [3.05, 3.63) is 42.0 Å². The number of fused-ring (bicyclic) bond motifs is 1. The zero-order valence-electron chi connectivity index (χ0n) is 17.2. The second kappa shape index (κ2) is 8.29. The maximum atomic E-state index is 11.7. The van der Waals surface area contributed by atoms with Crippen molar-refractivity contribution in [1.29, 1.82) is 0 Å². The van der Waals surface area contributed by atoms with Gasteiger partial charge in [0.2, 0.25) is 5.95 Å². The third kappa shape index (κ3) is 4.15. The standard InChI is InChI=1S/C22H27N5O2/c1-14-10-17(8-9-23-14)19-11-20(16-4-6-18(28)7-5-16)27-21(19)12-24-22(26-27)25-15(2)13-29-3/h8-12,15-16H,4-7,13H2,1-3H3,(H,25,26)/t15-/m0/s1. The number of carbonyl (C=O) groups is 1. The predicted octanol–water partition coefficient (Wildman–Crippen LogP) is 3.77. The Hall–Kier alpha value is -2.80. The van der Waals surface area contributed by atoms with Crippen LogP contribution in [0.15, 0.2) is 30.6 Å². The zero-order chi connectivity index (χ0) is 20.4. The number of anilines is 1. The van der Waals surface area contributed by atoms with Crippen LogP contribution < -0.4 is 5.32 Å². The predicted molar refractivity (Wildman–Crippen MR) is 112 cm³/mol. The van der Waals surface area contributed by atoms with Crippen LogP contribution in [0.4, 0.5) is 5.95 Å².